The van der Waals surface area contributed by atoms with Gasteiger partial charge in [-0.15, -0.1) is 0 Å². The van der Waals surface area contributed by atoms with Gasteiger partial charge in [0.15, 0.2) is 0 Å². The second-order valence-corrected chi connectivity index (χ2v) is 2.61. The lowest BCUT2D eigenvalue weighted by molar-refractivity contribution is 0.157. The predicted molar refractivity (Wildman–Crippen MR) is 41.0 cm³/mol. The first-order valence-electron chi connectivity index (χ1n) is 3.56. The molecule has 2 N–H and O–H groups in total. The Bertz CT molecular complexity index is 78.0. The SMILES string of the molecule is COC[C@H](C)N[C@@H](C)CO. The Morgan fingerprint density at radius 3 is 2.40 bits per heavy atom. The van der Waals surface area contributed by atoms with Gasteiger partial charge in [0, 0.05) is 19.2 Å². The van der Waals surface area contributed by atoms with E-state index in [4.69, 9.17) is 9.84 Å². The molecular formula is C7H17NO2. The van der Waals surface area contributed by atoms with Gasteiger partial charge in [0.1, 0.15) is 0 Å². The molecule has 10 heavy (non-hydrogen) atoms. The zero-order valence-electron chi connectivity index (χ0n) is 6.92. The van der Waals surface area contributed by atoms with E-state index in [9.17, 15) is 0 Å². The summed E-state index contributed by atoms with van der Waals surface area (Å²) in [4.78, 5) is 0. The van der Waals surface area contributed by atoms with Crippen LogP contribution in [0.25, 0.3) is 0 Å². The van der Waals surface area contributed by atoms with Crippen molar-refractivity contribution >= 4 is 0 Å². The average molecular weight is 147 g/mol. The molecule has 0 aliphatic rings. The summed E-state index contributed by atoms with van der Waals surface area (Å²) in [5, 5.41) is 11.8. The molecule has 0 heterocycles. The average Bonchev–Trinajstić information content (AvgIpc) is 1.88. The molecule has 0 aromatic carbocycles. The van der Waals surface area contributed by atoms with E-state index < -0.39 is 0 Å². The van der Waals surface area contributed by atoms with E-state index in [0.717, 1.165) is 0 Å². The molecule has 0 aromatic rings. The summed E-state index contributed by atoms with van der Waals surface area (Å²) in [5.74, 6) is 0. The summed E-state index contributed by atoms with van der Waals surface area (Å²) in [5.41, 5.74) is 0. The molecule has 3 nitrogen and oxygen atoms in total. The highest BCUT2D eigenvalue weighted by Gasteiger charge is 2.04. The Labute approximate surface area is 62.4 Å². The van der Waals surface area contributed by atoms with Crippen LogP contribution in [0.3, 0.4) is 0 Å². The van der Waals surface area contributed by atoms with Crippen molar-refractivity contribution in [3.8, 4) is 0 Å². The molecule has 62 valence electrons. The Hall–Kier alpha value is -0.120. The quantitative estimate of drug-likeness (QED) is 0.575. The second-order valence-electron chi connectivity index (χ2n) is 2.61. The van der Waals surface area contributed by atoms with Gasteiger partial charge in [-0.1, -0.05) is 0 Å². The molecule has 3 heteroatoms. The van der Waals surface area contributed by atoms with Crippen LogP contribution in [0, 0.1) is 0 Å². The van der Waals surface area contributed by atoms with Gasteiger partial charge in [-0.2, -0.15) is 0 Å². The van der Waals surface area contributed by atoms with Crippen LogP contribution >= 0.6 is 0 Å². The standard InChI is InChI=1S/C7H17NO2/c1-6(4-9)8-7(2)5-10-3/h6-9H,4-5H2,1-3H3/t6-,7-/m0/s1. The Kier molecular flexibility index (Phi) is 5.58. The van der Waals surface area contributed by atoms with Gasteiger partial charge in [0.25, 0.3) is 0 Å². The number of aliphatic hydroxyl groups is 1. The van der Waals surface area contributed by atoms with E-state index >= 15 is 0 Å². The molecule has 0 bridgehead atoms. The molecule has 0 radical (unpaired) electrons. The van der Waals surface area contributed by atoms with Crippen LogP contribution in [-0.2, 0) is 4.74 Å². The summed E-state index contributed by atoms with van der Waals surface area (Å²) in [6, 6.07) is 0.470. The largest absolute Gasteiger partial charge is 0.395 e. The van der Waals surface area contributed by atoms with Crippen LogP contribution in [0.4, 0.5) is 0 Å². The Morgan fingerprint density at radius 1 is 1.40 bits per heavy atom. The first-order chi connectivity index (χ1) is 4.70. The fourth-order valence-corrected chi connectivity index (χ4v) is 0.837. The van der Waals surface area contributed by atoms with Crippen LogP contribution in [0.15, 0.2) is 0 Å². The number of ether oxygens (including phenoxy) is 1. The smallest absolute Gasteiger partial charge is 0.0613 e. The first kappa shape index (κ1) is 9.88. The fraction of sp³-hybridized carbons (Fsp3) is 1.00. The third kappa shape index (κ3) is 4.73. The van der Waals surface area contributed by atoms with Crippen molar-refractivity contribution in [1.82, 2.24) is 5.32 Å². The van der Waals surface area contributed by atoms with Crippen LogP contribution in [0.2, 0.25) is 0 Å². The van der Waals surface area contributed by atoms with Crippen LogP contribution < -0.4 is 5.32 Å². The number of methoxy groups -OCH3 is 1. The number of hydrogen-bond donors (Lipinski definition) is 2. The zero-order valence-corrected chi connectivity index (χ0v) is 6.92. The topological polar surface area (TPSA) is 41.5 Å². The van der Waals surface area contributed by atoms with Gasteiger partial charge >= 0.3 is 0 Å². The molecule has 0 aliphatic heterocycles. The number of aliphatic hydroxyl groups excluding tert-OH is 1. The van der Waals surface area contributed by atoms with Crippen LogP contribution in [0.5, 0.6) is 0 Å². The van der Waals surface area contributed by atoms with Crippen molar-refractivity contribution in [2.45, 2.75) is 25.9 Å². The molecule has 0 fully saturated rings. The normalized spacial score (nSPS) is 16.8. The first-order valence-corrected chi connectivity index (χ1v) is 3.56. The van der Waals surface area contributed by atoms with Crippen molar-refractivity contribution in [3.63, 3.8) is 0 Å². The molecule has 0 aliphatic carbocycles. The highest BCUT2D eigenvalue weighted by Crippen LogP contribution is 1.86. The molecule has 2 atom stereocenters. The van der Waals surface area contributed by atoms with Crippen molar-refractivity contribution in [2.24, 2.45) is 0 Å². The number of rotatable bonds is 5. The van der Waals surface area contributed by atoms with Crippen molar-refractivity contribution < 1.29 is 9.84 Å². The van der Waals surface area contributed by atoms with Crippen molar-refractivity contribution in [2.75, 3.05) is 20.3 Å². The highest BCUT2D eigenvalue weighted by atomic mass is 16.5. The molecule has 0 aromatic heterocycles. The lowest BCUT2D eigenvalue weighted by Crippen LogP contribution is -2.39. The zero-order chi connectivity index (χ0) is 7.98. The third-order valence-electron chi connectivity index (χ3n) is 1.26. The van der Waals surface area contributed by atoms with E-state index in [1.165, 1.54) is 0 Å². The van der Waals surface area contributed by atoms with Crippen molar-refractivity contribution in [1.29, 1.82) is 0 Å². The van der Waals surface area contributed by atoms with Gasteiger partial charge in [0.2, 0.25) is 0 Å². The summed E-state index contributed by atoms with van der Waals surface area (Å²) in [6.45, 7) is 4.82. The van der Waals surface area contributed by atoms with Gasteiger partial charge in [-0.05, 0) is 13.8 Å². The van der Waals surface area contributed by atoms with Gasteiger partial charge in [-0.25, -0.2) is 0 Å². The van der Waals surface area contributed by atoms with E-state index in [1.54, 1.807) is 7.11 Å². The summed E-state index contributed by atoms with van der Waals surface area (Å²) in [7, 11) is 1.67. The van der Waals surface area contributed by atoms with E-state index in [2.05, 4.69) is 5.32 Å². The minimum Gasteiger partial charge on any atom is -0.395 e. The second kappa shape index (κ2) is 5.65. The predicted octanol–water partition coefficient (Wildman–Crippen LogP) is -0.00830. The van der Waals surface area contributed by atoms with E-state index in [0.29, 0.717) is 12.6 Å². The molecule has 0 saturated carbocycles. The van der Waals surface area contributed by atoms with Crippen LogP contribution in [0.1, 0.15) is 13.8 Å². The highest BCUT2D eigenvalue weighted by molar-refractivity contribution is 4.64. The number of nitrogens with one attached hydrogen (secondary N) is 1. The third-order valence-corrected chi connectivity index (χ3v) is 1.26. The maximum absolute atomic E-state index is 8.65. The van der Waals surface area contributed by atoms with E-state index in [-0.39, 0.29) is 12.6 Å². The van der Waals surface area contributed by atoms with Gasteiger partial charge in [0.05, 0.1) is 13.2 Å². The molecule has 0 amide bonds. The lowest BCUT2D eigenvalue weighted by Gasteiger charge is -2.16. The monoisotopic (exact) mass is 147 g/mol. The van der Waals surface area contributed by atoms with Crippen LogP contribution in [-0.4, -0.2) is 37.5 Å². The minimum atomic E-state index is 0.158. The molecule has 0 saturated heterocycles. The molecular weight excluding hydrogens is 130 g/mol. The maximum atomic E-state index is 8.65. The summed E-state index contributed by atoms with van der Waals surface area (Å²) in [6.07, 6.45) is 0. The number of hydrogen-bond acceptors (Lipinski definition) is 3. The summed E-state index contributed by atoms with van der Waals surface area (Å²) >= 11 is 0. The Morgan fingerprint density at radius 2 is 2.00 bits per heavy atom. The Balaban J connectivity index is 3.27. The molecule has 0 unspecified atom stereocenters. The van der Waals surface area contributed by atoms with Crippen molar-refractivity contribution in [3.05, 3.63) is 0 Å². The van der Waals surface area contributed by atoms with Gasteiger partial charge < -0.3 is 15.2 Å². The van der Waals surface area contributed by atoms with E-state index in [1.807, 2.05) is 13.8 Å². The summed E-state index contributed by atoms with van der Waals surface area (Å²) < 4.78 is 4.90. The fourth-order valence-electron chi connectivity index (χ4n) is 0.837. The lowest BCUT2D eigenvalue weighted by atomic mass is 10.3. The minimum absolute atomic E-state index is 0.158. The van der Waals surface area contributed by atoms with Gasteiger partial charge in [-0.3, -0.25) is 0 Å². The maximum Gasteiger partial charge on any atom is 0.0613 e. The molecule has 0 rings (SSSR count). The molecule has 0 spiro atoms.